The third-order valence-electron chi connectivity index (χ3n) is 9.47. The van der Waals surface area contributed by atoms with Gasteiger partial charge in [0.2, 0.25) is 12.0 Å². The normalized spacial score (nSPS) is 13.8. The molecule has 4 aromatic rings. The number of H-pyrrole nitrogens is 1. The molecule has 54 heavy (non-hydrogen) atoms. The Kier molecular flexibility index (Phi) is 14.6. The van der Waals surface area contributed by atoms with Gasteiger partial charge in [-0.1, -0.05) is 118 Å². The Morgan fingerprint density at radius 1 is 0.815 bits per heavy atom. The summed E-state index contributed by atoms with van der Waals surface area (Å²) in [5.41, 5.74) is 6.16. The highest BCUT2D eigenvalue weighted by atomic mass is 16.7. The van der Waals surface area contributed by atoms with Gasteiger partial charge < -0.3 is 29.7 Å². The van der Waals surface area contributed by atoms with Gasteiger partial charge in [-0.2, -0.15) is 0 Å². The first-order chi connectivity index (χ1) is 26.2. The number of imidazole rings is 1. The van der Waals surface area contributed by atoms with Gasteiger partial charge in [0.1, 0.15) is 11.6 Å². The number of benzene rings is 3. The predicted octanol–water partition coefficient (Wildman–Crippen LogP) is 8.84. The van der Waals surface area contributed by atoms with E-state index in [-0.39, 0.29) is 12.3 Å². The van der Waals surface area contributed by atoms with Gasteiger partial charge >= 0.3 is 11.9 Å². The zero-order valence-electron chi connectivity index (χ0n) is 31.1. The molecule has 1 aliphatic heterocycles. The van der Waals surface area contributed by atoms with Crippen molar-refractivity contribution in [1.82, 2.24) is 14.9 Å². The molecule has 0 bridgehead atoms. The maximum atomic E-state index is 12.8. The number of ether oxygens (including phenoxy) is 1. The van der Waals surface area contributed by atoms with E-state index in [1.165, 1.54) is 51.4 Å². The van der Waals surface area contributed by atoms with Crippen molar-refractivity contribution >= 4 is 29.6 Å². The van der Waals surface area contributed by atoms with Crippen molar-refractivity contribution in [2.45, 2.75) is 83.7 Å². The monoisotopic (exact) mass is 734 g/mol. The standard InChI is InChI=1S/C43H50N4O7/c1-3-4-5-6-7-8-9-10-11-12-27-47(2)38(48)26-15-30-13-16-32(17-14-30)40-41(33-22-24-35(25-23-33)53-29-39(49)50)45-42(44-40)34-20-18-31(19-21-34)36-28-37(43(51)52)54-46-36/h13-26,37H,3-12,27-29H2,1-2H3,(H,44,45)(H,49,50)(H,51,52)/b26-15+. The fourth-order valence-corrected chi connectivity index (χ4v) is 6.28. The molecule has 284 valence electrons. The van der Waals surface area contributed by atoms with Crippen LogP contribution in [0.25, 0.3) is 40.0 Å². The smallest absolute Gasteiger partial charge is 0.348 e. The van der Waals surface area contributed by atoms with E-state index < -0.39 is 24.6 Å². The van der Waals surface area contributed by atoms with Crippen LogP contribution in [0.15, 0.2) is 84.0 Å². The van der Waals surface area contributed by atoms with E-state index in [9.17, 15) is 19.5 Å². The second-order valence-corrected chi connectivity index (χ2v) is 13.7. The Balaban J connectivity index is 1.25. The summed E-state index contributed by atoms with van der Waals surface area (Å²) in [6, 6.07) is 22.4. The van der Waals surface area contributed by atoms with Crippen LogP contribution in [0.4, 0.5) is 0 Å². The van der Waals surface area contributed by atoms with Crippen LogP contribution in [0.2, 0.25) is 0 Å². The Hall–Kier alpha value is -5.71. The number of nitrogens with zero attached hydrogens (tertiary/aromatic N) is 3. The third-order valence-corrected chi connectivity index (χ3v) is 9.47. The minimum Gasteiger partial charge on any atom is -0.482 e. The molecule has 3 aromatic carbocycles. The molecule has 0 aliphatic carbocycles. The summed E-state index contributed by atoms with van der Waals surface area (Å²) in [5.74, 6) is -1.09. The number of aromatic amines is 1. The molecule has 3 N–H and O–H groups in total. The zero-order chi connectivity index (χ0) is 38.3. The second-order valence-electron chi connectivity index (χ2n) is 13.7. The molecule has 11 heteroatoms. The number of carbonyl (C=O) groups is 3. The van der Waals surface area contributed by atoms with Gasteiger partial charge in [0.05, 0.1) is 17.1 Å². The highest BCUT2D eigenvalue weighted by Gasteiger charge is 2.28. The van der Waals surface area contributed by atoms with Crippen molar-refractivity contribution in [1.29, 1.82) is 0 Å². The summed E-state index contributed by atoms with van der Waals surface area (Å²) < 4.78 is 5.33. The molecule has 0 radical (unpaired) electrons. The zero-order valence-corrected chi connectivity index (χ0v) is 31.1. The molecule has 11 nitrogen and oxygen atoms in total. The number of aliphatic carboxylic acids is 2. The van der Waals surface area contributed by atoms with Gasteiger partial charge in [0, 0.05) is 42.8 Å². The summed E-state index contributed by atoms with van der Waals surface area (Å²) in [4.78, 5) is 50.3. The largest absolute Gasteiger partial charge is 0.482 e. The van der Waals surface area contributed by atoms with E-state index in [2.05, 4.69) is 17.1 Å². The Bertz CT molecular complexity index is 1900. The number of nitrogens with one attached hydrogen (secondary N) is 1. The molecule has 0 fully saturated rings. The molecule has 1 aliphatic rings. The Labute approximate surface area is 316 Å². The highest BCUT2D eigenvalue weighted by molar-refractivity contribution is 6.03. The van der Waals surface area contributed by atoms with E-state index in [1.54, 1.807) is 23.1 Å². The van der Waals surface area contributed by atoms with Crippen LogP contribution in [0.5, 0.6) is 5.75 Å². The lowest BCUT2D eigenvalue weighted by Crippen LogP contribution is -2.25. The molecular weight excluding hydrogens is 684 g/mol. The Morgan fingerprint density at radius 3 is 2.02 bits per heavy atom. The molecule has 5 rings (SSSR count). The van der Waals surface area contributed by atoms with E-state index in [4.69, 9.17) is 19.7 Å². The first-order valence-electron chi connectivity index (χ1n) is 18.9. The number of amides is 1. The van der Waals surface area contributed by atoms with Crippen LogP contribution in [-0.2, 0) is 19.2 Å². The SMILES string of the molecule is CCCCCCCCCCCCN(C)C(=O)/C=C/c1ccc(-c2[nH]c(-c3ccc(C4=NOC(C(=O)O)C4)cc3)nc2-c2ccc(OCC(=O)O)cc2)cc1. The van der Waals surface area contributed by atoms with Gasteiger partial charge in [0.25, 0.3) is 0 Å². The first kappa shape index (κ1) is 39.5. The first-order valence-corrected chi connectivity index (χ1v) is 18.9. The van der Waals surface area contributed by atoms with E-state index in [0.717, 1.165) is 52.9 Å². The summed E-state index contributed by atoms with van der Waals surface area (Å²) in [5, 5.41) is 22.2. The van der Waals surface area contributed by atoms with E-state index in [0.29, 0.717) is 23.0 Å². The molecule has 0 saturated heterocycles. The summed E-state index contributed by atoms with van der Waals surface area (Å²) in [6.45, 7) is 2.55. The highest BCUT2D eigenvalue weighted by Crippen LogP contribution is 2.34. The van der Waals surface area contributed by atoms with Crippen LogP contribution in [0, 0.1) is 0 Å². The summed E-state index contributed by atoms with van der Waals surface area (Å²) in [7, 11) is 1.85. The number of hydrogen-bond donors (Lipinski definition) is 3. The minimum atomic E-state index is -1.06. The lowest BCUT2D eigenvalue weighted by atomic mass is 10.0. The molecule has 1 aromatic heterocycles. The van der Waals surface area contributed by atoms with Gasteiger partial charge in [0.15, 0.2) is 6.61 Å². The topological polar surface area (TPSA) is 154 Å². The van der Waals surface area contributed by atoms with Gasteiger partial charge in [-0.05, 0) is 47.9 Å². The summed E-state index contributed by atoms with van der Waals surface area (Å²) in [6.07, 6.45) is 15.3. The molecule has 2 heterocycles. The lowest BCUT2D eigenvalue weighted by molar-refractivity contribution is -0.148. The number of carboxylic acid groups (broad SMARTS) is 2. The maximum Gasteiger partial charge on any atom is 0.348 e. The number of aromatic nitrogens is 2. The molecule has 1 atom stereocenters. The minimum absolute atomic E-state index is 0.0217. The Morgan fingerprint density at radius 2 is 1.41 bits per heavy atom. The molecule has 1 amide bonds. The van der Waals surface area contributed by atoms with E-state index in [1.807, 2.05) is 73.8 Å². The van der Waals surface area contributed by atoms with Gasteiger partial charge in [-0.3, -0.25) is 4.79 Å². The molecule has 0 spiro atoms. The van der Waals surface area contributed by atoms with Crippen LogP contribution >= 0.6 is 0 Å². The number of unbranched alkanes of at least 4 members (excludes halogenated alkanes) is 9. The van der Waals surface area contributed by atoms with Gasteiger partial charge in [-0.25, -0.2) is 14.6 Å². The number of carboxylic acids is 2. The van der Waals surface area contributed by atoms with Crippen molar-refractivity contribution in [3.8, 4) is 39.7 Å². The van der Waals surface area contributed by atoms with Gasteiger partial charge in [-0.15, -0.1) is 0 Å². The average Bonchev–Trinajstić information content (AvgIpc) is 3.87. The quantitative estimate of drug-likeness (QED) is 0.0567. The van der Waals surface area contributed by atoms with Crippen molar-refractivity contribution in [3.63, 3.8) is 0 Å². The maximum absolute atomic E-state index is 12.8. The fourth-order valence-electron chi connectivity index (χ4n) is 6.28. The molecule has 0 saturated carbocycles. The van der Waals surface area contributed by atoms with E-state index >= 15 is 0 Å². The molecular formula is C43H50N4O7. The number of rotatable bonds is 21. The van der Waals surface area contributed by atoms with Crippen molar-refractivity contribution in [3.05, 3.63) is 90.0 Å². The van der Waals surface area contributed by atoms with Crippen LogP contribution in [0.1, 0.15) is 88.7 Å². The predicted molar refractivity (Wildman–Crippen MR) is 210 cm³/mol. The number of likely N-dealkylation sites (N-methyl/N-ethyl adjacent to an activating group) is 1. The number of hydrogen-bond acceptors (Lipinski definition) is 7. The second kappa shape index (κ2) is 19.9. The fraction of sp³-hybridized carbons (Fsp3) is 0.372. The third kappa shape index (κ3) is 11.4. The number of carbonyl (C=O) groups excluding carboxylic acids is 1. The number of oxime groups is 1. The van der Waals surface area contributed by atoms with Crippen molar-refractivity contribution in [2.24, 2.45) is 5.16 Å². The average molecular weight is 735 g/mol. The van der Waals surface area contributed by atoms with Crippen LogP contribution in [-0.4, -0.2) is 74.9 Å². The van der Waals surface area contributed by atoms with Crippen LogP contribution < -0.4 is 4.74 Å². The van der Waals surface area contributed by atoms with Crippen molar-refractivity contribution in [2.75, 3.05) is 20.2 Å². The van der Waals surface area contributed by atoms with Crippen molar-refractivity contribution < 1.29 is 34.2 Å². The summed E-state index contributed by atoms with van der Waals surface area (Å²) >= 11 is 0. The lowest BCUT2D eigenvalue weighted by Gasteiger charge is -2.14. The molecule has 1 unspecified atom stereocenters. The van der Waals surface area contributed by atoms with Crippen LogP contribution in [0.3, 0.4) is 0 Å².